The average molecular weight is 287 g/mol. The number of rotatable bonds is 7. The third-order valence-corrected chi connectivity index (χ3v) is 3.56. The van der Waals surface area contributed by atoms with Crippen molar-refractivity contribution in [2.45, 2.75) is 38.8 Å². The number of hydrogen-bond acceptors (Lipinski definition) is 3. The van der Waals surface area contributed by atoms with Crippen LogP contribution in [-0.4, -0.2) is 22.7 Å². The molecule has 1 unspecified atom stereocenters. The summed E-state index contributed by atoms with van der Waals surface area (Å²) in [5, 5.41) is 3.39. The summed E-state index contributed by atoms with van der Waals surface area (Å²) < 4.78 is 7.85. The number of imidazole rings is 1. The van der Waals surface area contributed by atoms with Crippen molar-refractivity contribution in [2.75, 3.05) is 7.05 Å². The van der Waals surface area contributed by atoms with Crippen molar-refractivity contribution in [3.05, 3.63) is 48.0 Å². The molecular formula is C17H25N3O. The van der Waals surface area contributed by atoms with Gasteiger partial charge in [0.25, 0.3) is 0 Å². The van der Waals surface area contributed by atoms with E-state index in [-0.39, 0.29) is 6.10 Å². The van der Waals surface area contributed by atoms with Crippen molar-refractivity contribution >= 4 is 0 Å². The molecule has 1 heterocycles. The molecular weight excluding hydrogens is 262 g/mol. The predicted octanol–water partition coefficient (Wildman–Crippen LogP) is 3.10. The molecule has 2 aromatic rings. The van der Waals surface area contributed by atoms with Crippen LogP contribution in [0.4, 0.5) is 0 Å². The molecule has 0 amide bonds. The van der Waals surface area contributed by atoms with Gasteiger partial charge in [0.2, 0.25) is 0 Å². The zero-order chi connectivity index (χ0) is 15.2. The van der Waals surface area contributed by atoms with E-state index in [0.29, 0.717) is 6.04 Å². The Bertz CT molecular complexity index is 563. The molecule has 0 saturated carbocycles. The lowest BCUT2D eigenvalue weighted by Gasteiger charge is -2.18. The molecule has 0 bridgehead atoms. The molecule has 2 rings (SSSR count). The van der Waals surface area contributed by atoms with Crippen LogP contribution in [0.2, 0.25) is 0 Å². The van der Waals surface area contributed by atoms with Gasteiger partial charge in [-0.1, -0.05) is 12.1 Å². The third-order valence-electron chi connectivity index (χ3n) is 3.56. The third kappa shape index (κ3) is 4.33. The maximum absolute atomic E-state index is 5.77. The molecule has 114 valence electrons. The number of hydrogen-bond donors (Lipinski definition) is 1. The van der Waals surface area contributed by atoms with E-state index in [2.05, 4.69) is 33.1 Å². The zero-order valence-electron chi connectivity index (χ0n) is 13.3. The van der Waals surface area contributed by atoms with Gasteiger partial charge in [-0.2, -0.15) is 0 Å². The first-order valence-electron chi connectivity index (χ1n) is 7.50. The van der Waals surface area contributed by atoms with Crippen LogP contribution in [0.3, 0.4) is 0 Å². The monoisotopic (exact) mass is 287 g/mol. The van der Waals surface area contributed by atoms with Crippen LogP contribution in [0.15, 0.2) is 36.7 Å². The van der Waals surface area contributed by atoms with Crippen LogP contribution in [0.25, 0.3) is 0 Å². The quantitative estimate of drug-likeness (QED) is 0.850. The standard InChI is InChI=1S/C17H25N3O/c1-13(2)21-15-7-5-6-14(12-15)16(18-3)8-9-17-19-10-11-20(17)4/h5-7,10-13,16,18H,8-9H2,1-4H3. The van der Waals surface area contributed by atoms with Gasteiger partial charge in [0.05, 0.1) is 6.10 Å². The van der Waals surface area contributed by atoms with Gasteiger partial charge in [0.15, 0.2) is 0 Å². The molecule has 1 N–H and O–H groups in total. The minimum Gasteiger partial charge on any atom is -0.491 e. The SMILES string of the molecule is CNC(CCc1nccn1C)c1cccc(OC(C)C)c1. The maximum atomic E-state index is 5.77. The Balaban J connectivity index is 2.05. The second-order valence-corrected chi connectivity index (χ2v) is 5.57. The lowest BCUT2D eigenvalue weighted by molar-refractivity contribution is 0.242. The summed E-state index contributed by atoms with van der Waals surface area (Å²) in [6.45, 7) is 4.09. The summed E-state index contributed by atoms with van der Waals surface area (Å²) in [6.07, 6.45) is 5.99. The number of ether oxygens (including phenoxy) is 1. The Hall–Kier alpha value is -1.81. The number of aromatic nitrogens is 2. The summed E-state index contributed by atoms with van der Waals surface area (Å²) in [5.41, 5.74) is 1.25. The average Bonchev–Trinajstić information content (AvgIpc) is 2.85. The zero-order valence-corrected chi connectivity index (χ0v) is 13.3. The van der Waals surface area contributed by atoms with Crippen molar-refractivity contribution in [3.63, 3.8) is 0 Å². The summed E-state index contributed by atoms with van der Waals surface area (Å²) in [4.78, 5) is 4.38. The fourth-order valence-corrected chi connectivity index (χ4v) is 2.47. The first kappa shape index (κ1) is 15.6. The Labute approximate surface area is 127 Å². The molecule has 0 radical (unpaired) electrons. The van der Waals surface area contributed by atoms with Crippen LogP contribution in [0.5, 0.6) is 5.75 Å². The van der Waals surface area contributed by atoms with Crippen LogP contribution in [0.1, 0.15) is 37.7 Å². The highest BCUT2D eigenvalue weighted by Gasteiger charge is 2.12. The lowest BCUT2D eigenvalue weighted by Crippen LogP contribution is -2.18. The molecule has 0 fully saturated rings. The van der Waals surface area contributed by atoms with Gasteiger partial charge in [0, 0.05) is 31.9 Å². The summed E-state index contributed by atoms with van der Waals surface area (Å²) in [6, 6.07) is 8.64. The van der Waals surface area contributed by atoms with E-state index in [1.165, 1.54) is 5.56 Å². The fraction of sp³-hybridized carbons (Fsp3) is 0.471. The van der Waals surface area contributed by atoms with E-state index in [9.17, 15) is 0 Å². The molecule has 1 atom stereocenters. The topological polar surface area (TPSA) is 39.1 Å². The van der Waals surface area contributed by atoms with E-state index >= 15 is 0 Å². The van der Waals surface area contributed by atoms with E-state index in [1.54, 1.807) is 0 Å². The van der Waals surface area contributed by atoms with Crippen molar-refractivity contribution in [2.24, 2.45) is 7.05 Å². The largest absolute Gasteiger partial charge is 0.491 e. The molecule has 4 heteroatoms. The second-order valence-electron chi connectivity index (χ2n) is 5.57. The van der Waals surface area contributed by atoms with Crippen LogP contribution in [0, 0.1) is 0 Å². The maximum Gasteiger partial charge on any atom is 0.120 e. The molecule has 21 heavy (non-hydrogen) atoms. The molecule has 4 nitrogen and oxygen atoms in total. The minimum atomic E-state index is 0.195. The minimum absolute atomic E-state index is 0.195. The molecule has 0 aliphatic heterocycles. The highest BCUT2D eigenvalue weighted by Crippen LogP contribution is 2.23. The van der Waals surface area contributed by atoms with Crippen LogP contribution in [-0.2, 0) is 13.5 Å². The number of benzene rings is 1. The fourth-order valence-electron chi connectivity index (χ4n) is 2.47. The molecule has 0 saturated heterocycles. The summed E-state index contributed by atoms with van der Waals surface area (Å²) in [5.74, 6) is 2.05. The predicted molar refractivity (Wildman–Crippen MR) is 85.5 cm³/mol. The Morgan fingerprint density at radius 3 is 2.76 bits per heavy atom. The summed E-state index contributed by atoms with van der Waals surface area (Å²) >= 11 is 0. The van der Waals surface area contributed by atoms with Gasteiger partial charge in [-0.15, -0.1) is 0 Å². The highest BCUT2D eigenvalue weighted by atomic mass is 16.5. The first-order chi connectivity index (χ1) is 10.1. The van der Waals surface area contributed by atoms with Gasteiger partial charge in [0.1, 0.15) is 11.6 Å². The number of nitrogens with zero attached hydrogens (tertiary/aromatic N) is 2. The normalized spacial score (nSPS) is 12.6. The number of nitrogens with one attached hydrogen (secondary N) is 1. The van der Waals surface area contributed by atoms with E-state index in [1.807, 2.05) is 46.4 Å². The Morgan fingerprint density at radius 2 is 2.14 bits per heavy atom. The molecule has 1 aromatic carbocycles. The van der Waals surface area contributed by atoms with E-state index in [4.69, 9.17) is 4.74 Å². The van der Waals surface area contributed by atoms with Gasteiger partial charge >= 0.3 is 0 Å². The molecule has 0 aliphatic carbocycles. The molecule has 1 aromatic heterocycles. The van der Waals surface area contributed by atoms with Crippen LogP contribution < -0.4 is 10.1 Å². The van der Waals surface area contributed by atoms with Crippen LogP contribution >= 0.6 is 0 Å². The smallest absolute Gasteiger partial charge is 0.120 e. The lowest BCUT2D eigenvalue weighted by atomic mass is 10.0. The highest BCUT2D eigenvalue weighted by molar-refractivity contribution is 5.30. The van der Waals surface area contributed by atoms with Gasteiger partial charge in [-0.25, -0.2) is 4.98 Å². The van der Waals surface area contributed by atoms with E-state index < -0.39 is 0 Å². The van der Waals surface area contributed by atoms with Crippen molar-refractivity contribution < 1.29 is 4.74 Å². The number of aryl methyl sites for hydroxylation is 2. The molecule has 0 aliphatic rings. The first-order valence-corrected chi connectivity index (χ1v) is 7.50. The van der Waals surface area contributed by atoms with Crippen molar-refractivity contribution in [3.8, 4) is 5.75 Å². The van der Waals surface area contributed by atoms with Crippen molar-refractivity contribution in [1.29, 1.82) is 0 Å². The van der Waals surface area contributed by atoms with Crippen molar-refractivity contribution in [1.82, 2.24) is 14.9 Å². The van der Waals surface area contributed by atoms with Gasteiger partial charge in [-0.3, -0.25) is 0 Å². The Morgan fingerprint density at radius 1 is 1.33 bits per heavy atom. The summed E-state index contributed by atoms with van der Waals surface area (Å²) in [7, 11) is 4.03. The van der Waals surface area contributed by atoms with Gasteiger partial charge in [-0.05, 0) is 45.0 Å². The molecule has 0 spiro atoms. The second kappa shape index (κ2) is 7.27. The van der Waals surface area contributed by atoms with E-state index in [0.717, 1.165) is 24.4 Å². The van der Waals surface area contributed by atoms with Gasteiger partial charge < -0.3 is 14.6 Å². The Kier molecular flexibility index (Phi) is 5.39.